The third-order valence-electron chi connectivity index (χ3n) is 3.92. The molecule has 0 aliphatic rings. The van der Waals surface area contributed by atoms with Gasteiger partial charge in [-0.1, -0.05) is 12.1 Å². The highest BCUT2D eigenvalue weighted by Crippen LogP contribution is 2.23. The fraction of sp³-hybridized carbons (Fsp3) is 0.105. The minimum absolute atomic E-state index is 0.140. The van der Waals surface area contributed by atoms with Gasteiger partial charge in [0.1, 0.15) is 5.82 Å². The zero-order chi connectivity index (χ0) is 18.6. The van der Waals surface area contributed by atoms with Crippen LogP contribution in [0.2, 0.25) is 0 Å². The predicted molar refractivity (Wildman–Crippen MR) is 106 cm³/mol. The van der Waals surface area contributed by atoms with Crippen LogP contribution in [0.1, 0.15) is 11.3 Å². The molecule has 27 heavy (non-hydrogen) atoms. The number of carbonyl (C=O) groups is 1. The molecule has 4 aromatic rings. The van der Waals surface area contributed by atoms with Crippen LogP contribution in [0.3, 0.4) is 0 Å². The molecule has 1 N–H and O–H groups in total. The van der Waals surface area contributed by atoms with Gasteiger partial charge in [-0.05, 0) is 40.6 Å². The molecule has 0 aliphatic heterocycles. The fourth-order valence-electron chi connectivity index (χ4n) is 2.57. The second kappa shape index (κ2) is 7.81. The Hall–Kier alpha value is -2.84. The smallest absolute Gasteiger partial charge is 0.244 e. The third kappa shape index (κ3) is 3.96. The Morgan fingerprint density at radius 3 is 2.96 bits per heavy atom. The van der Waals surface area contributed by atoms with Gasteiger partial charge in [-0.25, -0.2) is 8.91 Å². The van der Waals surface area contributed by atoms with Crippen molar-refractivity contribution in [2.75, 3.05) is 6.54 Å². The Morgan fingerprint density at radius 2 is 2.15 bits per heavy atom. The van der Waals surface area contributed by atoms with Crippen LogP contribution in [0.25, 0.3) is 22.4 Å². The van der Waals surface area contributed by atoms with Crippen molar-refractivity contribution < 1.29 is 9.18 Å². The average molecular weight is 398 g/mol. The van der Waals surface area contributed by atoms with E-state index in [1.165, 1.54) is 23.5 Å². The number of nitrogens with one attached hydrogen (secondary N) is 1. The van der Waals surface area contributed by atoms with Gasteiger partial charge in [-0.3, -0.25) is 4.79 Å². The number of carbonyl (C=O) groups excluding carboxylic acids is 1. The molecule has 0 atom stereocenters. The van der Waals surface area contributed by atoms with Crippen molar-refractivity contribution in [3.05, 3.63) is 69.6 Å². The zero-order valence-corrected chi connectivity index (χ0v) is 15.8. The van der Waals surface area contributed by atoms with E-state index in [1.54, 1.807) is 40.1 Å². The number of nitrogens with zero attached hydrogens (tertiary/aromatic N) is 3. The summed E-state index contributed by atoms with van der Waals surface area (Å²) in [5.41, 5.74) is 2.32. The molecule has 1 amide bonds. The molecule has 0 bridgehead atoms. The van der Waals surface area contributed by atoms with Gasteiger partial charge in [0.2, 0.25) is 10.9 Å². The van der Waals surface area contributed by atoms with Crippen molar-refractivity contribution in [3.8, 4) is 11.4 Å². The number of rotatable bonds is 6. The monoisotopic (exact) mass is 398 g/mol. The highest BCUT2D eigenvalue weighted by molar-refractivity contribution is 7.15. The van der Waals surface area contributed by atoms with Crippen LogP contribution in [0.15, 0.2) is 52.5 Å². The molecular formula is C19H15FN4OS2. The van der Waals surface area contributed by atoms with Gasteiger partial charge in [-0.15, -0.1) is 16.4 Å². The first-order valence-corrected chi connectivity index (χ1v) is 10.1. The molecule has 1 aromatic carbocycles. The molecule has 4 rings (SSSR count). The number of hydrogen-bond donors (Lipinski definition) is 1. The second-order valence-corrected chi connectivity index (χ2v) is 7.38. The minimum Gasteiger partial charge on any atom is -0.352 e. The van der Waals surface area contributed by atoms with Gasteiger partial charge >= 0.3 is 0 Å². The number of thiazole rings is 1. The van der Waals surface area contributed by atoms with Gasteiger partial charge in [0.15, 0.2) is 5.82 Å². The first kappa shape index (κ1) is 17.6. The van der Waals surface area contributed by atoms with E-state index in [0.29, 0.717) is 29.3 Å². The molecule has 3 heterocycles. The quantitative estimate of drug-likeness (QED) is 0.499. The van der Waals surface area contributed by atoms with Crippen molar-refractivity contribution in [3.63, 3.8) is 0 Å². The minimum atomic E-state index is -0.345. The van der Waals surface area contributed by atoms with Crippen LogP contribution in [-0.2, 0) is 11.2 Å². The molecule has 3 aromatic heterocycles. The Bertz CT molecular complexity index is 1100. The van der Waals surface area contributed by atoms with E-state index in [2.05, 4.69) is 15.4 Å². The van der Waals surface area contributed by atoms with Gasteiger partial charge in [0.25, 0.3) is 0 Å². The highest BCUT2D eigenvalue weighted by Gasteiger charge is 2.14. The predicted octanol–water partition coefficient (Wildman–Crippen LogP) is 4.03. The molecular weight excluding hydrogens is 383 g/mol. The van der Waals surface area contributed by atoms with Crippen LogP contribution >= 0.6 is 22.7 Å². The molecule has 0 saturated carbocycles. The van der Waals surface area contributed by atoms with E-state index in [9.17, 15) is 9.18 Å². The summed E-state index contributed by atoms with van der Waals surface area (Å²) in [6.45, 7) is 0.480. The highest BCUT2D eigenvalue weighted by atomic mass is 32.1. The second-order valence-electron chi connectivity index (χ2n) is 5.77. The van der Waals surface area contributed by atoms with Crippen LogP contribution in [0, 0.1) is 5.82 Å². The van der Waals surface area contributed by atoms with Crippen molar-refractivity contribution in [1.29, 1.82) is 0 Å². The summed E-state index contributed by atoms with van der Waals surface area (Å²) in [7, 11) is 0. The number of benzene rings is 1. The normalized spacial score (nSPS) is 11.4. The van der Waals surface area contributed by atoms with E-state index in [0.717, 1.165) is 11.3 Å². The summed E-state index contributed by atoms with van der Waals surface area (Å²) >= 11 is 3.03. The van der Waals surface area contributed by atoms with Crippen LogP contribution in [0.5, 0.6) is 0 Å². The van der Waals surface area contributed by atoms with Gasteiger partial charge in [0.05, 0.1) is 11.3 Å². The van der Waals surface area contributed by atoms with Crippen LogP contribution < -0.4 is 5.32 Å². The summed E-state index contributed by atoms with van der Waals surface area (Å²) in [5.74, 6) is -0.121. The van der Waals surface area contributed by atoms with Crippen molar-refractivity contribution in [1.82, 2.24) is 19.9 Å². The van der Waals surface area contributed by atoms with Crippen molar-refractivity contribution in [2.24, 2.45) is 0 Å². The van der Waals surface area contributed by atoms with Gasteiger partial charge < -0.3 is 5.32 Å². The van der Waals surface area contributed by atoms with Crippen LogP contribution in [0.4, 0.5) is 4.39 Å². The van der Waals surface area contributed by atoms with Crippen molar-refractivity contribution >= 4 is 39.6 Å². The number of thiophene rings is 1. The summed E-state index contributed by atoms with van der Waals surface area (Å²) in [4.78, 5) is 17.0. The Labute approximate surface area is 162 Å². The molecule has 0 fully saturated rings. The molecule has 0 spiro atoms. The molecule has 0 unspecified atom stereocenters. The number of fused-ring (bicyclic) bond motifs is 1. The topological polar surface area (TPSA) is 59.3 Å². The summed E-state index contributed by atoms with van der Waals surface area (Å²) < 4.78 is 15.6. The first-order chi connectivity index (χ1) is 13.2. The lowest BCUT2D eigenvalue weighted by Crippen LogP contribution is -2.23. The zero-order valence-electron chi connectivity index (χ0n) is 14.1. The Kier molecular flexibility index (Phi) is 5.08. The fourth-order valence-corrected chi connectivity index (χ4v) is 4.05. The van der Waals surface area contributed by atoms with Gasteiger partial charge in [0, 0.05) is 24.4 Å². The number of amides is 1. The molecule has 0 radical (unpaired) electrons. The summed E-state index contributed by atoms with van der Waals surface area (Å²) in [5, 5.41) is 13.2. The lowest BCUT2D eigenvalue weighted by molar-refractivity contribution is -0.116. The molecule has 8 heteroatoms. The maximum absolute atomic E-state index is 13.9. The first-order valence-electron chi connectivity index (χ1n) is 8.27. The molecule has 0 saturated heterocycles. The summed E-state index contributed by atoms with van der Waals surface area (Å²) in [6, 6.07) is 8.40. The number of aromatic nitrogens is 3. The Balaban J connectivity index is 1.41. The average Bonchev–Trinajstić information content (AvgIpc) is 3.39. The Morgan fingerprint density at radius 1 is 1.26 bits per heavy atom. The number of hydrogen-bond acceptors (Lipinski definition) is 5. The number of halogens is 1. The largest absolute Gasteiger partial charge is 0.352 e. The maximum Gasteiger partial charge on any atom is 0.244 e. The van der Waals surface area contributed by atoms with Crippen LogP contribution in [-0.4, -0.2) is 27.0 Å². The SMILES string of the molecule is O=C(/C=C/c1ccsc1)NCCc1csc2nc(-c3ccccc3F)nn12. The van der Waals surface area contributed by atoms with E-state index in [-0.39, 0.29) is 11.7 Å². The lowest BCUT2D eigenvalue weighted by atomic mass is 10.2. The van der Waals surface area contributed by atoms with E-state index in [4.69, 9.17) is 0 Å². The van der Waals surface area contributed by atoms with Gasteiger partial charge in [-0.2, -0.15) is 16.3 Å². The standard InChI is InChI=1S/C19H15FN4OS2/c20-16-4-2-1-3-15(16)18-22-19-24(23-18)14(12-27-19)7-9-21-17(25)6-5-13-8-10-26-11-13/h1-6,8,10-12H,7,9H2,(H,21,25)/b6-5+. The maximum atomic E-state index is 13.9. The molecule has 5 nitrogen and oxygen atoms in total. The molecule has 136 valence electrons. The van der Waals surface area contributed by atoms with E-state index < -0.39 is 0 Å². The lowest BCUT2D eigenvalue weighted by Gasteiger charge is -2.01. The van der Waals surface area contributed by atoms with E-state index in [1.807, 2.05) is 22.2 Å². The molecule has 0 aliphatic carbocycles. The summed E-state index contributed by atoms with van der Waals surface area (Å²) in [6.07, 6.45) is 3.92. The van der Waals surface area contributed by atoms with Crippen molar-refractivity contribution in [2.45, 2.75) is 6.42 Å². The third-order valence-corrected chi connectivity index (χ3v) is 5.48. The van der Waals surface area contributed by atoms with E-state index >= 15 is 0 Å².